The van der Waals surface area contributed by atoms with Crippen molar-refractivity contribution in [2.45, 2.75) is 31.8 Å². The van der Waals surface area contributed by atoms with E-state index < -0.39 is 0 Å². The van der Waals surface area contributed by atoms with Crippen LogP contribution in [-0.4, -0.2) is 6.04 Å². The maximum absolute atomic E-state index is 3.75. The average Bonchev–Trinajstić information content (AvgIpc) is 2.68. The van der Waals surface area contributed by atoms with Crippen LogP contribution in [0.15, 0.2) is 42.5 Å². The number of benzene rings is 1. The number of hydrogen-bond donors (Lipinski definition) is 1. The van der Waals surface area contributed by atoms with Crippen LogP contribution >= 0.6 is 0 Å². The van der Waals surface area contributed by atoms with Gasteiger partial charge in [0.25, 0.3) is 0 Å². The fraction of sp³-hybridized carbons (Fsp3) is 0.467. The largest absolute Gasteiger partial charge is 0.307 e. The molecule has 1 saturated carbocycles. The Morgan fingerprint density at radius 3 is 2.81 bits per heavy atom. The van der Waals surface area contributed by atoms with Crippen LogP contribution in [0.1, 0.15) is 31.4 Å². The fourth-order valence-corrected chi connectivity index (χ4v) is 3.07. The highest BCUT2D eigenvalue weighted by molar-refractivity contribution is 5.20. The van der Waals surface area contributed by atoms with Crippen molar-refractivity contribution in [2.75, 3.05) is 0 Å². The first-order chi connectivity index (χ1) is 7.84. The molecule has 1 heteroatoms. The Bertz CT molecular complexity index is 382. The number of allylic oxidation sites excluding steroid dienone is 1. The van der Waals surface area contributed by atoms with Gasteiger partial charge < -0.3 is 5.32 Å². The van der Waals surface area contributed by atoms with Gasteiger partial charge in [0.1, 0.15) is 0 Å². The fourth-order valence-electron chi connectivity index (χ4n) is 3.07. The molecule has 0 radical (unpaired) electrons. The summed E-state index contributed by atoms with van der Waals surface area (Å²) in [6.45, 7) is 2.27. The molecule has 0 amide bonds. The molecule has 2 aliphatic carbocycles. The van der Waals surface area contributed by atoms with Crippen LogP contribution in [0, 0.1) is 11.8 Å². The molecule has 0 bridgehead atoms. The van der Waals surface area contributed by atoms with Crippen LogP contribution in [0.25, 0.3) is 0 Å². The predicted molar refractivity (Wildman–Crippen MR) is 67.1 cm³/mol. The summed E-state index contributed by atoms with van der Waals surface area (Å²) in [5.74, 6) is 1.76. The molecule has 0 saturated heterocycles. The zero-order valence-electron chi connectivity index (χ0n) is 9.77. The van der Waals surface area contributed by atoms with Crippen LogP contribution in [0.4, 0.5) is 0 Å². The highest BCUT2D eigenvalue weighted by Gasteiger charge is 2.41. The van der Waals surface area contributed by atoms with Crippen molar-refractivity contribution in [1.82, 2.24) is 5.32 Å². The van der Waals surface area contributed by atoms with Crippen LogP contribution in [0.3, 0.4) is 0 Å². The monoisotopic (exact) mass is 213 g/mol. The SMILES string of the molecule is CC(NC1CC2CC=CC21)c1ccccc1. The molecular weight excluding hydrogens is 194 g/mol. The number of hydrogen-bond acceptors (Lipinski definition) is 1. The summed E-state index contributed by atoms with van der Waals surface area (Å²) in [5, 5.41) is 3.75. The molecule has 4 atom stereocenters. The molecule has 84 valence electrons. The third-order valence-corrected chi connectivity index (χ3v) is 4.13. The van der Waals surface area contributed by atoms with Gasteiger partial charge in [-0.25, -0.2) is 0 Å². The zero-order chi connectivity index (χ0) is 11.0. The van der Waals surface area contributed by atoms with Gasteiger partial charge in [0, 0.05) is 12.1 Å². The van der Waals surface area contributed by atoms with Gasteiger partial charge in [0.05, 0.1) is 0 Å². The Hall–Kier alpha value is -1.08. The Morgan fingerprint density at radius 2 is 2.06 bits per heavy atom. The number of fused-ring (bicyclic) bond motifs is 1. The summed E-state index contributed by atoms with van der Waals surface area (Å²) in [7, 11) is 0. The van der Waals surface area contributed by atoms with Gasteiger partial charge >= 0.3 is 0 Å². The normalized spacial score (nSPS) is 33.2. The van der Waals surface area contributed by atoms with Crippen LogP contribution < -0.4 is 5.32 Å². The van der Waals surface area contributed by atoms with Crippen molar-refractivity contribution in [3.05, 3.63) is 48.0 Å². The van der Waals surface area contributed by atoms with E-state index in [0.29, 0.717) is 12.1 Å². The molecule has 0 heterocycles. The standard InChI is InChI=1S/C15H19N/c1-11(12-6-3-2-4-7-12)16-15-10-13-8-5-9-14(13)15/h2-7,9,11,13-16H,8,10H2,1H3. The highest BCUT2D eigenvalue weighted by atomic mass is 15.0. The maximum Gasteiger partial charge on any atom is 0.0294 e. The average molecular weight is 213 g/mol. The molecule has 0 spiro atoms. The first-order valence-electron chi connectivity index (χ1n) is 6.32. The van der Waals surface area contributed by atoms with Gasteiger partial charge in [0.15, 0.2) is 0 Å². The first kappa shape index (κ1) is 10.1. The van der Waals surface area contributed by atoms with Gasteiger partial charge in [-0.1, -0.05) is 42.5 Å². The summed E-state index contributed by atoms with van der Waals surface area (Å²) in [6.07, 6.45) is 7.42. The van der Waals surface area contributed by atoms with Crippen molar-refractivity contribution in [3.63, 3.8) is 0 Å². The van der Waals surface area contributed by atoms with Gasteiger partial charge in [-0.05, 0) is 37.2 Å². The molecule has 1 nitrogen and oxygen atoms in total. The van der Waals surface area contributed by atoms with E-state index in [4.69, 9.17) is 0 Å². The lowest BCUT2D eigenvalue weighted by molar-refractivity contribution is 0.152. The van der Waals surface area contributed by atoms with Crippen molar-refractivity contribution in [2.24, 2.45) is 11.8 Å². The third-order valence-electron chi connectivity index (χ3n) is 4.13. The first-order valence-corrected chi connectivity index (χ1v) is 6.32. The molecule has 3 rings (SSSR count). The maximum atomic E-state index is 3.75. The summed E-state index contributed by atoms with van der Waals surface area (Å²) in [4.78, 5) is 0. The van der Waals surface area contributed by atoms with Crippen LogP contribution in [0.2, 0.25) is 0 Å². The second kappa shape index (κ2) is 4.06. The molecule has 1 aromatic rings. The lowest BCUT2D eigenvalue weighted by Crippen LogP contribution is -2.48. The Balaban J connectivity index is 1.61. The quantitative estimate of drug-likeness (QED) is 0.760. The van der Waals surface area contributed by atoms with E-state index in [1.165, 1.54) is 18.4 Å². The van der Waals surface area contributed by atoms with Crippen molar-refractivity contribution in [1.29, 1.82) is 0 Å². The van der Waals surface area contributed by atoms with Crippen molar-refractivity contribution >= 4 is 0 Å². The molecular formula is C15H19N. The topological polar surface area (TPSA) is 12.0 Å². The summed E-state index contributed by atoms with van der Waals surface area (Å²) < 4.78 is 0. The Kier molecular flexibility index (Phi) is 2.56. The molecule has 0 aliphatic heterocycles. The molecule has 1 N–H and O–H groups in total. The van der Waals surface area contributed by atoms with E-state index in [9.17, 15) is 0 Å². The summed E-state index contributed by atoms with van der Waals surface area (Å²) in [5.41, 5.74) is 1.40. The van der Waals surface area contributed by atoms with Crippen molar-refractivity contribution < 1.29 is 0 Å². The van der Waals surface area contributed by atoms with E-state index in [1.807, 2.05) is 0 Å². The van der Waals surface area contributed by atoms with Gasteiger partial charge in [0.2, 0.25) is 0 Å². The van der Waals surface area contributed by atoms with Crippen LogP contribution in [0.5, 0.6) is 0 Å². The number of rotatable bonds is 3. The summed E-state index contributed by atoms with van der Waals surface area (Å²) in [6, 6.07) is 11.9. The minimum atomic E-state index is 0.473. The molecule has 0 aromatic heterocycles. The zero-order valence-corrected chi connectivity index (χ0v) is 9.77. The molecule has 1 aromatic carbocycles. The lowest BCUT2D eigenvalue weighted by Gasteiger charge is -2.42. The second-order valence-corrected chi connectivity index (χ2v) is 5.14. The third kappa shape index (κ3) is 1.69. The number of nitrogens with one attached hydrogen (secondary N) is 1. The summed E-state index contributed by atoms with van der Waals surface area (Å²) >= 11 is 0. The molecule has 1 fully saturated rings. The van der Waals surface area contributed by atoms with Gasteiger partial charge in [-0.15, -0.1) is 0 Å². The molecule has 16 heavy (non-hydrogen) atoms. The van der Waals surface area contributed by atoms with Gasteiger partial charge in [-0.2, -0.15) is 0 Å². The second-order valence-electron chi connectivity index (χ2n) is 5.14. The molecule has 2 aliphatic rings. The van der Waals surface area contributed by atoms with Gasteiger partial charge in [-0.3, -0.25) is 0 Å². The minimum Gasteiger partial charge on any atom is -0.307 e. The smallest absolute Gasteiger partial charge is 0.0294 e. The minimum absolute atomic E-state index is 0.473. The van der Waals surface area contributed by atoms with E-state index in [1.54, 1.807) is 0 Å². The predicted octanol–water partition coefficient (Wildman–Crippen LogP) is 3.30. The Labute approximate surface area is 97.6 Å². The lowest BCUT2D eigenvalue weighted by atomic mass is 9.71. The van der Waals surface area contributed by atoms with Crippen LogP contribution in [-0.2, 0) is 0 Å². The van der Waals surface area contributed by atoms with E-state index in [0.717, 1.165) is 11.8 Å². The van der Waals surface area contributed by atoms with E-state index >= 15 is 0 Å². The van der Waals surface area contributed by atoms with E-state index in [-0.39, 0.29) is 0 Å². The van der Waals surface area contributed by atoms with E-state index in [2.05, 4.69) is 54.7 Å². The molecule has 4 unspecified atom stereocenters. The Morgan fingerprint density at radius 1 is 1.25 bits per heavy atom. The van der Waals surface area contributed by atoms with Crippen molar-refractivity contribution in [3.8, 4) is 0 Å². The highest BCUT2D eigenvalue weighted by Crippen LogP contribution is 2.43.